The van der Waals surface area contributed by atoms with E-state index in [9.17, 15) is 0 Å². The topological polar surface area (TPSA) is 18.8 Å². The summed E-state index contributed by atoms with van der Waals surface area (Å²) in [6.07, 6.45) is 4.94. The average molecular weight is 239 g/mol. The largest absolute Gasteiger partial charge is 0.339 e. The maximum absolute atomic E-state index is 4.58. The van der Waals surface area contributed by atoms with Crippen LogP contribution < -0.4 is 0 Å². The van der Waals surface area contributed by atoms with Crippen molar-refractivity contribution in [2.24, 2.45) is 16.4 Å². The van der Waals surface area contributed by atoms with Crippen molar-refractivity contribution in [3.63, 3.8) is 0 Å². The molecule has 0 aromatic heterocycles. The molecule has 1 heterocycles. The van der Waals surface area contributed by atoms with Gasteiger partial charge in [0.15, 0.2) is 0 Å². The summed E-state index contributed by atoms with van der Waals surface area (Å²) >= 11 is 0. The van der Waals surface area contributed by atoms with Crippen molar-refractivity contribution in [3.8, 4) is 0 Å². The highest BCUT2D eigenvalue weighted by atomic mass is 15.6. The van der Waals surface area contributed by atoms with E-state index in [0.29, 0.717) is 17.5 Å². The number of hydrogen-bond donors (Lipinski definition) is 0. The maximum Gasteiger partial charge on any atom is 0.121 e. The van der Waals surface area contributed by atoms with Crippen LogP contribution >= 0.6 is 0 Å². The minimum absolute atomic E-state index is 0.319. The third kappa shape index (κ3) is 4.21. The van der Waals surface area contributed by atoms with Crippen molar-refractivity contribution in [1.82, 2.24) is 9.91 Å². The fourth-order valence-corrected chi connectivity index (χ4v) is 2.36. The minimum atomic E-state index is 0.319. The number of hydrazone groups is 1. The summed E-state index contributed by atoms with van der Waals surface area (Å²) in [4.78, 5) is 2.40. The predicted molar refractivity (Wildman–Crippen MR) is 74.9 cm³/mol. The molecule has 0 spiro atoms. The molecule has 1 aliphatic rings. The average Bonchev–Trinajstić information content (AvgIpc) is 2.55. The van der Waals surface area contributed by atoms with E-state index >= 15 is 0 Å². The van der Waals surface area contributed by atoms with Gasteiger partial charge in [-0.1, -0.05) is 48.0 Å². The summed E-state index contributed by atoms with van der Waals surface area (Å²) in [5.74, 6) is 0.608. The molecule has 0 N–H and O–H groups in total. The van der Waals surface area contributed by atoms with E-state index in [2.05, 4.69) is 56.6 Å². The molecule has 0 amide bonds. The van der Waals surface area contributed by atoms with Gasteiger partial charge in [0.1, 0.15) is 12.5 Å². The quantitative estimate of drug-likeness (QED) is 0.732. The van der Waals surface area contributed by atoms with Crippen LogP contribution in [0.5, 0.6) is 0 Å². The summed E-state index contributed by atoms with van der Waals surface area (Å²) in [6, 6.07) is 0. The Labute approximate surface area is 107 Å². The molecule has 1 rings (SSSR count). The van der Waals surface area contributed by atoms with Crippen molar-refractivity contribution >= 4 is 6.34 Å². The molecule has 3 nitrogen and oxygen atoms in total. The Balaban J connectivity index is 2.64. The van der Waals surface area contributed by atoms with Crippen LogP contribution in [0.1, 0.15) is 54.4 Å². The third-order valence-electron chi connectivity index (χ3n) is 2.99. The number of nitrogens with zero attached hydrogens (tertiary/aromatic N) is 3. The van der Waals surface area contributed by atoms with E-state index < -0.39 is 0 Å². The smallest absolute Gasteiger partial charge is 0.121 e. The molecule has 0 fully saturated rings. The van der Waals surface area contributed by atoms with E-state index in [1.165, 1.54) is 12.8 Å². The lowest BCUT2D eigenvalue weighted by atomic mass is 9.95. The van der Waals surface area contributed by atoms with Crippen LogP contribution in [0.25, 0.3) is 0 Å². The van der Waals surface area contributed by atoms with Crippen molar-refractivity contribution in [1.29, 1.82) is 0 Å². The Kier molecular flexibility index (Phi) is 4.84. The van der Waals surface area contributed by atoms with Gasteiger partial charge in [0.25, 0.3) is 0 Å². The molecule has 0 radical (unpaired) electrons. The van der Waals surface area contributed by atoms with Crippen LogP contribution in [0, 0.1) is 11.3 Å². The van der Waals surface area contributed by atoms with Gasteiger partial charge >= 0.3 is 0 Å². The van der Waals surface area contributed by atoms with Gasteiger partial charge in [-0.2, -0.15) is 5.10 Å². The maximum atomic E-state index is 4.58. The standard InChI is InChI=1S/C14H29N3/c1-7-8-9-17-13(12(2)3)16(11-15-17)10-14(4,5)6/h11-13H,7-10H2,1-6H3. The van der Waals surface area contributed by atoms with Gasteiger partial charge in [0, 0.05) is 13.1 Å². The van der Waals surface area contributed by atoms with Gasteiger partial charge < -0.3 is 4.90 Å². The zero-order chi connectivity index (χ0) is 13.1. The zero-order valence-electron chi connectivity index (χ0n) is 12.4. The van der Waals surface area contributed by atoms with Crippen LogP contribution in [0.4, 0.5) is 0 Å². The molecule has 0 aromatic carbocycles. The van der Waals surface area contributed by atoms with Crippen LogP contribution in [0.15, 0.2) is 5.10 Å². The first-order valence-electron chi connectivity index (χ1n) is 6.91. The molecule has 0 saturated carbocycles. The molecule has 0 aliphatic carbocycles. The molecule has 1 unspecified atom stereocenters. The zero-order valence-corrected chi connectivity index (χ0v) is 12.4. The van der Waals surface area contributed by atoms with Crippen molar-refractivity contribution in [3.05, 3.63) is 0 Å². The minimum Gasteiger partial charge on any atom is -0.339 e. The van der Waals surface area contributed by atoms with Crippen LogP contribution in [-0.2, 0) is 0 Å². The molecule has 100 valence electrons. The number of unbranched alkanes of at least 4 members (excludes halogenated alkanes) is 1. The second-order valence-electron chi connectivity index (χ2n) is 6.64. The molecule has 3 heteroatoms. The predicted octanol–water partition coefficient (Wildman–Crippen LogP) is 3.38. The first kappa shape index (κ1) is 14.3. The molecular formula is C14H29N3. The second kappa shape index (κ2) is 5.74. The highest BCUT2D eigenvalue weighted by molar-refractivity contribution is 5.57. The van der Waals surface area contributed by atoms with Gasteiger partial charge in [-0.05, 0) is 17.8 Å². The fraction of sp³-hybridized carbons (Fsp3) is 0.929. The molecule has 1 aliphatic heterocycles. The number of hydrogen-bond acceptors (Lipinski definition) is 3. The Morgan fingerprint density at radius 2 is 1.94 bits per heavy atom. The van der Waals surface area contributed by atoms with Gasteiger partial charge in [-0.3, -0.25) is 5.01 Å². The van der Waals surface area contributed by atoms with E-state index in [1.54, 1.807) is 0 Å². The molecule has 0 bridgehead atoms. The van der Waals surface area contributed by atoms with Crippen LogP contribution in [-0.4, -0.2) is 35.5 Å². The Morgan fingerprint density at radius 3 is 2.41 bits per heavy atom. The number of rotatable bonds is 5. The van der Waals surface area contributed by atoms with Crippen molar-refractivity contribution in [2.75, 3.05) is 13.1 Å². The Bertz CT molecular complexity index is 253. The highest BCUT2D eigenvalue weighted by Gasteiger charge is 2.32. The van der Waals surface area contributed by atoms with E-state index in [4.69, 9.17) is 0 Å². The van der Waals surface area contributed by atoms with Crippen LogP contribution in [0.2, 0.25) is 0 Å². The Hall–Kier alpha value is -0.730. The van der Waals surface area contributed by atoms with Crippen molar-refractivity contribution < 1.29 is 0 Å². The monoisotopic (exact) mass is 239 g/mol. The molecule has 0 aromatic rings. The lowest BCUT2D eigenvalue weighted by Gasteiger charge is -2.36. The SMILES string of the molecule is CCCCN1N=CN(CC(C)(C)C)C1C(C)C. The van der Waals surface area contributed by atoms with Gasteiger partial charge in [0.2, 0.25) is 0 Å². The second-order valence-corrected chi connectivity index (χ2v) is 6.64. The van der Waals surface area contributed by atoms with Gasteiger partial charge in [-0.15, -0.1) is 0 Å². The molecular weight excluding hydrogens is 210 g/mol. The van der Waals surface area contributed by atoms with Gasteiger partial charge in [-0.25, -0.2) is 0 Å². The van der Waals surface area contributed by atoms with E-state index in [-0.39, 0.29) is 0 Å². The molecule has 17 heavy (non-hydrogen) atoms. The summed E-state index contributed by atoms with van der Waals surface area (Å²) in [5.41, 5.74) is 0.319. The normalized spacial score (nSPS) is 20.8. The lowest BCUT2D eigenvalue weighted by molar-refractivity contribution is 0.0699. The lowest BCUT2D eigenvalue weighted by Crippen LogP contribution is -2.46. The first-order valence-corrected chi connectivity index (χ1v) is 6.91. The van der Waals surface area contributed by atoms with Gasteiger partial charge in [0.05, 0.1) is 0 Å². The highest BCUT2D eigenvalue weighted by Crippen LogP contribution is 2.25. The third-order valence-corrected chi connectivity index (χ3v) is 2.99. The summed E-state index contributed by atoms with van der Waals surface area (Å²) < 4.78 is 0. The summed E-state index contributed by atoms with van der Waals surface area (Å²) in [6.45, 7) is 15.8. The summed E-state index contributed by atoms with van der Waals surface area (Å²) in [7, 11) is 0. The van der Waals surface area contributed by atoms with Crippen LogP contribution in [0.3, 0.4) is 0 Å². The van der Waals surface area contributed by atoms with Crippen molar-refractivity contribution in [2.45, 2.75) is 60.5 Å². The van der Waals surface area contributed by atoms with E-state index in [0.717, 1.165) is 13.1 Å². The molecule has 0 saturated heterocycles. The fourth-order valence-electron chi connectivity index (χ4n) is 2.36. The molecule has 1 atom stereocenters. The summed E-state index contributed by atoms with van der Waals surface area (Å²) in [5, 5.41) is 6.84. The van der Waals surface area contributed by atoms with E-state index in [1.807, 2.05) is 6.34 Å². The Morgan fingerprint density at radius 1 is 1.29 bits per heavy atom. The first-order chi connectivity index (χ1) is 7.85.